The van der Waals surface area contributed by atoms with Crippen molar-refractivity contribution in [3.8, 4) is 5.75 Å². The van der Waals surface area contributed by atoms with Crippen LogP contribution in [0.4, 0.5) is 4.79 Å². The highest BCUT2D eigenvalue weighted by atomic mass is 16.6. The lowest BCUT2D eigenvalue weighted by Crippen LogP contribution is -2.28. The van der Waals surface area contributed by atoms with Crippen molar-refractivity contribution in [1.29, 1.82) is 0 Å². The molecule has 2 rings (SSSR count). The van der Waals surface area contributed by atoms with Gasteiger partial charge in [-0.25, -0.2) is 9.59 Å². The van der Waals surface area contributed by atoms with Crippen molar-refractivity contribution < 1.29 is 19.1 Å². The van der Waals surface area contributed by atoms with Crippen LogP contribution < -0.4 is 15.8 Å². The molecule has 0 fully saturated rings. The SMILES string of the molecule is NC(=O)NCc1ccc(C(=O)OCCOc2ccccc2)cc1. The van der Waals surface area contributed by atoms with E-state index < -0.39 is 12.0 Å². The molecule has 2 aromatic carbocycles. The van der Waals surface area contributed by atoms with Gasteiger partial charge in [0, 0.05) is 6.54 Å². The smallest absolute Gasteiger partial charge is 0.338 e. The van der Waals surface area contributed by atoms with E-state index in [1.54, 1.807) is 24.3 Å². The average molecular weight is 314 g/mol. The molecule has 2 amide bonds. The fourth-order valence-electron chi connectivity index (χ4n) is 1.84. The lowest BCUT2D eigenvalue weighted by atomic mass is 10.1. The van der Waals surface area contributed by atoms with E-state index in [4.69, 9.17) is 15.2 Å². The molecule has 6 nitrogen and oxygen atoms in total. The molecule has 0 bridgehead atoms. The second-order valence-corrected chi connectivity index (χ2v) is 4.71. The van der Waals surface area contributed by atoms with E-state index >= 15 is 0 Å². The maximum Gasteiger partial charge on any atom is 0.338 e. The van der Waals surface area contributed by atoms with Crippen LogP contribution in [0, 0.1) is 0 Å². The molecule has 0 radical (unpaired) electrons. The summed E-state index contributed by atoms with van der Waals surface area (Å²) in [5.41, 5.74) is 6.27. The number of urea groups is 1. The van der Waals surface area contributed by atoms with Gasteiger partial charge in [-0.15, -0.1) is 0 Å². The molecule has 6 heteroatoms. The molecule has 0 spiro atoms. The molecule has 3 N–H and O–H groups in total. The van der Waals surface area contributed by atoms with E-state index in [0.717, 1.165) is 11.3 Å². The van der Waals surface area contributed by atoms with Crippen LogP contribution in [0.1, 0.15) is 15.9 Å². The average Bonchev–Trinajstić information content (AvgIpc) is 2.58. The predicted molar refractivity (Wildman–Crippen MR) is 85.1 cm³/mol. The fraction of sp³-hybridized carbons (Fsp3) is 0.176. The number of nitrogens with one attached hydrogen (secondary N) is 1. The first kappa shape index (κ1) is 16.4. The predicted octanol–water partition coefficient (Wildman–Crippen LogP) is 2.09. The number of rotatable bonds is 7. The third-order valence-electron chi connectivity index (χ3n) is 2.98. The van der Waals surface area contributed by atoms with E-state index in [9.17, 15) is 9.59 Å². The molecule has 2 aromatic rings. The van der Waals surface area contributed by atoms with E-state index in [1.165, 1.54) is 0 Å². The first-order valence-corrected chi connectivity index (χ1v) is 7.12. The number of carbonyl (C=O) groups excluding carboxylic acids is 2. The zero-order chi connectivity index (χ0) is 16.5. The summed E-state index contributed by atoms with van der Waals surface area (Å²) in [7, 11) is 0. The molecule has 0 aliphatic heterocycles. The highest BCUT2D eigenvalue weighted by Crippen LogP contribution is 2.09. The Morgan fingerprint density at radius 3 is 2.30 bits per heavy atom. The van der Waals surface area contributed by atoms with Gasteiger partial charge in [0.25, 0.3) is 0 Å². The van der Waals surface area contributed by atoms with Crippen molar-refractivity contribution in [2.45, 2.75) is 6.54 Å². The molecule has 23 heavy (non-hydrogen) atoms. The largest absolute Gasteiger partial charge is 0.490 e. The second-order valence-electron chi connectivity index (χ2n) is 4.71. The fourth-order valence-corrected chi connectivity index (χ4v) is 1.84. The minimum atomic E-state index is -0.591. The number of ether oxygens (including phenoxy) is 2. The topological polar surface area (TPSA) is 90.7 Å². The second kappa shape index (κ2) is 8.43. The van der Waals surface area contributed by atoms with Crippen molar-refractivity contribution in [1.82, 2.24) is 5.32 Å². The molecule has 0 heterocycles. The van der Waals surface area contributed by atoms with E-state index in [2.05, 4.69) is 5.32 Å². The Balaban J connectivity index is 1.73. The summed E-state index contributed by atoms with van der Waals surface area (Å²) >= 11 is 0. The van der Waals surface area contributed by atoms with Gasteiger partial charge in [0.15, 0.2) is 0 Å². The molecule has 0 aliphatic rings. The highest BCUT2D eigenvalue weighted by Gasteiger charge is 2.07. The zero-order valence-corrected chi connectivity index (χ0v) is 12.5. The summed E-state index contributed by atoms with van der Waals surface area (Å²) in [4.78, 5) is 22.5. The minimum absolute atomic E-state index is 0.165. The Morgan fingerprint density at radius 2 is 1.65 bits per heavy atom. The number of esters is 1. The normalized spacial score (nSPS) is 9.91. The van der Waals surface area contributed by atoms with Gasteiger partial charge in [0.2, 0.25) is 0 Å². The van der Waals surface area contributed by atoms with Gasteiger partial charge in [-0.3, -0.25) is 0 Å². The molecule has 0 saturated heterocycles. The van der Waals surface area contributed by atoms with Crippen molar-refractivity contribution in [3.63, 3.8) is 0 Å². The number of primary amides is 1. The third kappa shape index (κ3) is 5.70. The van der Waals surface area contributed by atoms with Crippen LogP contribution in [0.15, 0.2) is 54.6 Å². The first-order chi connectivity index (χ1) is 11.1. The molecule has 0 saturated carbocycles. The maximum atomic E-state index is 11.9. The van der Waals surface area contributed by atoms with Gasteiger partial charge in [0.05, 0.1) is 5.56 Å². The van der Waals surface area contributed by atoms with Gasteiger partial charge >= 0.3 is 12.0 Å². The number of amides is 2. The Labute approximate surface area is 134 Å². The van der Waals surface area contributed by atoms with Crippen LogP contribution in [0.2, 0.25) is 0 Å². The summed E-state index contributed by atoms with van der Waals surface area (Å²) in [5, 5.41) is 2.47. The number of benzene rings is 2. The summed E-state index contributed by atoms with van der Waals surface area (Å²) in [5.74, 6) is 0.311. The number of carbonyl (C=O) groups is 2. The number of nitrogens with two attached hydrogens (primary N) is 1. The summed E-state index contributed by atoms with van der Waals surface area (Å²) < 4.78 is 10.6. The Bertz CT molecular complexity index is 641. The van der Waals surface area contributed by atoms with E-state index in [0.29, 0.717) is 12.1 Å². The van der Waals surface area contributed by atoms with Gasteiger partial charge in [-0.2, -0.15) is 0 Å². The van der Waals surface area contributed by atoms with Gasteiger partial charge < -0.3 is 20.5 Å². The van der Waals surface area contributed by atoms with Crippen LogP contribution in [-0.4, -0.2) is 25.2 Å². The van der Waals surface area contributed by atoms with Crippen LogP contribution >= 0.6 is 0 Å². The standard InChI is InChI=1S/C17H18N2O4/c18-17(21)19-12-13-6-8-14(9-7-13)16(20)23-11-10-22-15-4-2-1-3-5-15/h1-9H,10-12H2,(H3,18,19,21). The van der Waals surface area contributed by atoms with E-state index in [-0.39, 0.29) is 13.2 Å². The van der Waals surface area contributed by atoms with Crippen molar-refractivity contribution >= 4 is 12.0 Å². The number of para-hydroxylation sites is 1. The van der Waals surface area contributed by atoms with Gasteiger partial charge in [-0.05, 0) is 29.8 Å². The Kier molecular flexibility index (Phi) is 5.99. The van der Waals surface area contributed by atoms with Crippen molar-refractivity contribution in [2.75, 3.05) is 13.2 Å². The molecule has 0 aliphatic carbocycles. The summed E-state index contributed by atoms with van der Waals surface area (Å²) in [6, 6.07) is 15.5. The quantitative estimate of drug-likeness (QED) is 0.605. The molecule has 0 unspecified atom stereocenters. The first-order valence-electron chi connectivity index (χ1n) is 7.12. The monoisotopic (exact) mass is 314 g/mol. The third-order valence-corrected chi connectivity index (χ3v) is 2.98. The van der Waals surface area contributed by atoms with Gasteiger partial charge in [0.1, 0.15) is 19.0 Å². The van der Waals surface area contributed by atoms with Crippen LogP contribution in [0.25, 0.3) is 0 Å². The molecular weight excluding hydrogens is 296 g/mol. The van der Waals surface area contributed by atoms with E-state index in [1.807, 2.05) is 30.3 Å². The molecule has 0 aromatic heterocycles. The molecule has 0 atom stereocenters. The zero-order valence-electron chi connectivity index (χ0n) is 12.5. The maximum absolute atomic E-state index is 11.9. The number of hydrogen-bond acceptors (Lipinski definition) is 4. The van der Waals surface area contributed by atoms with Crippen LogP contribution in [0.5, 0.6) is 5.75 Å². The number of hydrogen-bond donors (Lipinski definition) is 2. The lowest BCUT2D eigenvalue weighted by Gasteiger charge is -2.08. The molecular formula is C17H18N2O4. The van der Waals surface area contributed by atoms with Crippen LogP contribution in [0.3, 0.4) is 0 Å². The Hall–Kier alpha value is -3.02. The van der Waals surface area contributed by atoms with Crippen molar-refractivity contribution in [2.24, 2.45) is 5.73 Å². The van der Waals surface area contributed by atoms with Crippen LogP contribution in [-0.2, 0) is 11.3 Å². The summed E-state index contributed by atoms with van der Waals surface area (Å²) in [6.07, 6.45) is 0. The molecule has 120 valence electrons. The lowest BCUT2D eigenvalue weighted by molar-refractivity contribution is 0.0450. The van der Waals surface area contributed by atoms with Gasteiger partial charge in [-0.1, -0.05) is 30.3 Å². The minimum Gasteiger partial charge on any atom is -0.490 e. The highest BCUT2D eigenvalue weighted by molar-refractivity contribution is 5.89. The summed E-state index contributed by atoms with van der Waals surface area (Å²) in [6.45, 7) is 0.769. The van der Waals surface area contributed by atoms with Crippen molar-refractivity contribution in [3.05, 3.63) is 65.7 Å². The Morgan fingerprint density at radius 1 is 0.957 bits per heavy atom.